The van der Waals surface area contributed by atoms with Gasteiger partial charge in [0.05, 0.1) is 16.7 Å². The number of aryl methyl sites for hydroxylation is 1. The Morgan fingerprint density at radius 1 is 1.23 bits per heavy atom. The molecular weight excluding hydrogens is 328 g/mol. The molecule has 2 aromatic carbocycles. The van der Waals surface area contributed by atoms with Gasteiger partial charge >= 0.3 is 6.09 Å². The molecule has 0 atom stereocenters. The molecular formula is C20H24N4O2. The van der Waals surface area contributed by atoms with Crippen molar-refractivity contribution < 1.29 is 9.53 Å². The van der Waals surface area contributed by atoms with E-state index in [-0.39, 0.29) is 0 Å². The first kappa shape index (κ1) is 17.8. The van der Waals surface area contributed by atoms with Crippen molar-refractivity contribution in [3.8, 4) is 5.69 Å². The lowest BCUT2D eigenvalue weighted by Gasteiger charge is -2.19. The summed E-state index contributed by atoms with van der Waals surface area (Å²) in [7, 11) is 0. The zero-order valence-corrected chi connectivity index (χ0v) is 15.5. The third kappa shape index (κ3) is 3.79. The minimum Gasteiger partial charge on any atom is -0.444 e. The van der Waals surface area contributed by atoms with E-state index in [0.29, 0.717) is 11.6 Å². The van der Waals surface area contributed by atoms with Crippen molar-refractivity contribution in [1.29, 1.82) is 0 Å². The summed E-state index contributed by atoms with van der Waals surface area (Å²) in [5.41, 5.74) is 10.0. The smallest absolute Gasteiger partial charge is 0.412 e. The molecule has 6 nitrogen and oxygen atoms in total. The zero-order chi connectivity index (χ0) is 18.9. The molecule has 0 spiro atoms. The van der Waals surface area contributed by atoms with Gasteiger partial charge in [0.1, 0.15) is 5.60 Å². The molecule has 0 aliphatic heterocycles. The van der Waals surface area contributed by atoms with Crippen molar-refractivity contribution in [2.24, 2.45) is 0 Å². The molecule has 26 heavy (non-hydrogen) atoms. The van der Waals surface area contributed by atoms with Crippen LogP contribution in [0.25, 0.3) is 16.7 Å². The van der Waals surface area contributed by atoms with Gasteiger partial charge in [0.2, 0.25) is 5.95 Å². The molecule has 1 heterocycles. The van der Waals surface area contributed by atoms with Crippen molar-refractivity contribution in [3.63, 3.8) is 0 Å². The van der Waals surface area contributed by atoms with Crippen LogP contribution in [0.1, 0.15) is 33.3 Å². The molecule has 0 saturated carbocycles. The molecule has 3 aromatic rings. The number of fused-ring (bicyclic) bond motifs is 1. The third-order valence-corrected chi connectivity index (χ3v) is 3.90. The maximum absolute atomic E-state index is 12.0. The summed E-state index contributed by atoms with van der Waals surface area (Å²) >= 11 is 0. The normalized spacial score (nSPS) is 11.5. The van der Waals surface area contributed by atoms with Crippen molar-refractivity contribution in [3.05, 3.63) is 48.0 Å². The summed E-state index contributed by atoms with van der Waals surface area (Å²) in [5.74, 6) is 0.405. The number of nitrogens with two attached hydrogens (primary N) is 1. The highest BCUT2D eigenvalue weighted by Crippen LogP contribution is 2.26. The molecule has 3 rings (SSSR count). The van der Waals surface area contributed by atoms with E-state index < -0.39 is 11.7 Å². The fraction of sp³-hybridized carbons (Fsp3) is 0.300. The zero-order valence-electron chi connectivity index (χ0n) is 15.5. The third-order valence-electron chi connectivity index (χ3n) is 3.90. The maximum Gasteiger partial charge on any atom is 0.412 e. The lowest BCUT2D eigenvalue weighted by atomic mass is 10.1. The number of nitrogens with one attached hydrogen (secondary N) is 1. The quantitative estimate of drug-likeness (QED) is 0.726. The monoisotopic (exact) mass is 352 g/mol. The number of amides is 1. The number of nitrogen functional groups attached to an aromatic ring is 1. The fourth-order valence-electron chi connectivity index (χ4n) is 2.78. The molecule has 3 N–H and O–H groups in total. The number of benzene rings is 2. The number of anilines is 2. The Hall–Kier alpha value is -3.02. The molecule has 0 radical (unpaired) electrons. The minimum atomic E-state index is -0.552. The van der Waals surface area contributed by atoms with Crippen molar-refractivity contribution in [2.45, 2.75) is 39.7 Å². The average Bonchev–Trinajstić information content (AvgIpc) is 2.87. The van der Waals surface area contributed by atoms with Crippen LogP contribution < -0.4 is 11.1 Å². The van der Waals surface area contributed by atoms with Gasteiger partial charge in [-0.1, -0.05) is 19.1 Å². The van der Waals surface area contributed by atoms with Gasteiger partial charge < -0.3 is 10.5 Å². The molecule has 0 fully saturated rings. The van der Waals surface area contributed by atoms with Crippen LogP contribution in [-0.2, 0) is 11.2 Å². The van der Waals surface area contributed by atoms with Gasteiger partial charge in [-0.2, -0.15) is 0 Å². The fourth-order valence-corrected chi connectivity index (χ4v) is 2.78. The van der Waals surface area contributed by atoms with Crippen LogP contribution in [0.5, 0.6) is 0 Å². The maximum atomic E-state index is 12.0. The van der Waals surface area contributed by atoms with Crippen molar-refractivity contribution in [1.82, 2.24) is 9.55 Å². The molecule has 0 saturated heterocycles. The topological polar surface area (TPSA) is 82.2 Å². The SMILES string of the molecule is CCc1ccc2c(c1)nc(N)n2-c1cccc(NC(=O)OC(C)(C)C)c1. The van der Waals surface area contributed by atoms with Gasteiger partial charge in [-0.25, -0.2) is 9.78 Å². The first-order valence-corrected chi connectivity index (χ1v) is 8.64. The Morgan fingerprint density at radius 2 is 2.00 bits per heavy atom. The average molecular weight is 352 g/mol. The van der Waals surface area contributed by atoms with E-state index in [4.69, 9.17) is 10.5 Å². The Labute approximate surface area is 153 Å². The standard InChI is InChI=1S/C20H24N4O2/c1-5-13-9-10-17-16(11-13)23-18(21)24(17)15-8-6-7-14(12-15)22-19(25)26-20(2,3)4/h6-12H,5H2,1-4H3,(H2,21,23)(H,22,25). The molecule has 1 amide bonds. The molecule has 136 valence electrons. The molecule has 0 aliphatic carbocycles. The highest BCUT2D eigenvalue weighted by Gasteiger charge is 2.17. The number of carbonyl (C=O) groups is 1. The highest BCUT2D eigenvalue weighted by atomic mass is 16.6. The number of aromatic nitrogens is 2. The van der Waals surface area contributed by atoms with E-state index >= 15 is 0 Å². The van der Waals surface area contributed by atoms with E-state index in [1.54, 1.807) is 6.07 Å². The molecule has 0 aliphatic rings. The summed E-state index contributed by atoms with van der Waals surface area (Å²) in [6.45, 7) is 7.58. The number of carbonyl (C=O) groups excluding carboxylic acids is 1. The Bertz CT molecular complexity index is 954. The number of imidazole rings is 1. The van der Waals surface area contributed by atoms with Gasteiger partial charge in [0.15, 0.2) is 0 Å². The van der Waals surface area contributed by atoms with E-state index in [9.17, 15) is 4.79 Å². The summed E-state index contributed by atoms with van der Waals surface area (Å²) < 4.78 is 7.17. The van der Waals surface area contributed by atoms with E-state index in [0.717, 1.165) is 23.1 Å². The van der Waals surface area contributed by atoms with Crippen LogP contribution in [0.3, 0.4) is 0 Å². The number of ether oxygens (including phenoxy) is 1. The van der Waals surface area contributed by atoms with Crippen molar-refractivity contribution >= 4 is 28.8 Å². The lowest BCUT2D eigenvalue weighted by molar-refractivity contribution is 0.0636. The van der Waals surface area contributed by atoms with Crippen LogP contribution in [0, 0.1) is 0 Å². The lowest BCUT2D eigenvalue weighted by Crippen LogP contribution is -2.27. The predicted octanol–water partition coefficient (Wildman–Crippen LogP) is 4.52. The van der Waals surface area contributed by atoms with Gasteiger partial charge in [0, 0.05) is 5.69 Å². The van der Waals surface area contributed by atoms with Crippen LogP contribution in [0.15, 0.2) is 42.5 Å². The minimum absolute atomic E-state index is 0.405. The number of nitrogens with zero attached hydrogens (tertiary/aromatic N) is 2. The molecule has 0 bridgehead atoms. The second kappa shape index (κ2) is 6.71. The van der Waals surface area contributed by atoms with E-state index in [2.05, 4.69) is 23.3 Å². The first-order chi connectivity index (χ1) is 12.3. The predicted molar refractivity (Wildman–Crippen MR) is 105 cm³/mol. The van der Waals surface area contributed by atoms with Crippen LogP contribution in [-0.4, -0.2) is 21.2 Å². The van der Waals surface area contributed by atoms with Crippen molar-refractivity contribution in [2.75, 3.05) is 11.1 Å². The van der Waals surface area contributed by atoms with Crippen LogP contribution in [0.4, 0.5) is 16.4 Å². The Balaban J connectivity index is 1.94. The van der Waals surface area contributed by atoms with Gasteiger partial charge in [0.25, 0.3) is 0 Å². The Kier molecular flexibility index (Phi) is 4.59. The molecule has 0 unspecified atom stereocenters. The second-order valence-electron chi connectivity index (χ2n) is 7.16. The second-order valence-corrected chi connectivity index (χ2v) is 7.16. The van der Waals surface area contributed by atoms with Gasteiger partial charge in [-0.15, -0.1) is 0 Å². The van der Waals surface area contributed by atoms with E-state index in [1.807, 2.05) is 55.7 Å². The molecule has 1 aromatic heterocycles. The number of hydrogen-bond acceptors (Lipinski definition) is 4. The first-order valence-electron chi connectivity index (χ1n) is 8.64. The molecule has 6 heteroatoms. The number of rotatable bonds is 3. The van der Waals surface area contributed by atoms with Gasteiger partial charge in [-0.3, -0.25) is 9.88 Å². The van der Waals surface area contributed by atoms with Crippen LogP contribution in [0.2, 0.25) is 0 Å². The largest absolute Gasteiger partial charge is 0.444 e. The Morgan fingerprint density at radius 3 is 2.69 bits per heavy atom. The summed E-state index contributed by atoms with van der Waals surface area (Å²) in [4.78, 5) is 16.5. The van der Waals surface area contributed by atoms with E-state index in [1.165, 1.54) is 5.56 Å². The summed E-state index contributed by atoms with van der Waals surface area (Å²) in [6, 6.07) is 13.6. The summed E-state index contributed by atoms with van der Waals surface area (Å²) in [6.07, 6.45) is 0.448. The highest BCUT2D eigenvalue weighted by molar-refractivity contribution is 5.86. The van der Waals surface area contributed by atoms with Gasteiger partial charge in [-0.05, 0) is 63.1 Å². The van der Waals surface area contributed by atoms with Crippen LogP contribution >= 0.6 is 0 Å². The number of hydrogen-bond donors (Lipinski definition) is 2. The summed E-state index contributed by atoms with van der Waals surface area (Å²) in [5, 5.41) is 2.75.